The second-order valence-electron chi connectivity index (χ2n) is 7.53. The predicted molar refractivity (Wildman–Crippen MR) is 104 cm³/mol. The first kappa shape index (κ1) is 20.5. The molecular formula is C20H39N3O2. The Balaban J connectivity index is 1.57. The van der Waals surface area contributed by atoms with Crippen molar-refractivity contribution in [2.24, 2.45) is 22.7 Å². The van der Waals surface area contributed by atoms with E-state index in [1.807, 2.05) is 7.05 Å². The van der Waals surface area contributed by atoms with E-state index in [0.717, 1.165) is 83.1 Å². The summed E-state index contributed by atoms with van der Waals surface area (Å²) in [6.45, 7) is 11.4. The molecule has 1 atom stereocenters. The number of hydrogen-bond donors (Lipinski definition) is 1. The third-order valence-electron chi connectivity index (χ3n) is 5.89. The molecule has 0 aliphatic carbocycles. The average molecular weight is 354 g/mol. The Morgan fingerprint density at radius 2 is 2.00 bits per heavy atom. The summed E-state index contributed by atoms with van der Waals surface area (Å²) in [4.78, 5) is 6.92. The van der Waals surface area contributed by atoms with Gasteiger partial charge in [0.25, 0.3) is 0 Å². The van der Waals surface area contributed by atoms with Crippen LogP contribution in [-0.2, 0) is 9.47 Å². The van der Waals surface area contributed by atoms with Gasteiger partial charge in [-0.1, -0.05) is 26.7 Å². The highest BCUT2D eigenvalue weighted by Gasteiger charge is 2.29. The van der Waals surface area contributed by atoms with Gasteiger partial charge in [-0.15, -0.1) is 0 Å². The fourth-order valence-electron chi connectivity index (χ4n) is 4.19. The van der Waals surface area contributed by atoms with Crippen molar-refractivity contribution < 1.29 is 9.47 Å². The zero-order valence-electron chi connectivity index (χ0n) is 16.6. The van der Waals surface area contributed by atoms with Crippen LogP contribution < -0.4 is 5.32 Å². The van der Waals surface area contributed by atoms with Gasteiger partial charge in [0.15, 0.2) is 5.96 Å². The Morgan fingerprint density at radius 3 is 2.68 bits per heavy atom. The Kier molecular flexibility index (Phi) is 9.63. The second kappa shape index (κ2) is 11.7. The molecule has 0 aromatic rings. The molecule has 2 saturated heterocycles. The zero-order valence-corrected chi connectivity index (χ0v) is 16.6. The zero-order chi connectivity index (χ0) is 17.9. The number of ether oxygens (including phenoxy) is 2. The molecule has 0 aromatic heterocycles. The largest absolute Gasteiger partial charge is 0.381 e. The number of aliphatic imine (C=N–C) groups is 1. The molecule has 0 spiro atoms. The van der Waals surface area contributed by atoms with Crippen LogP contribution in [0.5, 0.6) is 0 Å². The van der Waals surface area contributed by atoms with Crippen molar-refractivity contribution in [1.29, 1.82) is 0 Å². The lowest BCUT2D eigenvalue weighted by molar-refractivity contribution is 0.0203. The molecule has 0 bridgehead atoms. The lowest BCUT2D eigenvalue weighted by atomic mass is 9.87. The summed E-state index contributed by atoms with van der Waals surface area (Å²) < 4.78 is 11.2. The molecule has 1 unspecified atom stereocenters. The van der Waals surface area contributed by atoms with Gasteiger partial charge in [0.2, 0.25) is 0 Å². The minimum Gasteiger partial charge on any atom is -0.381 e. The van der Waals surface area contributed by atoms with Gasteiger partial charge in [0.1, 0.15) is 0 Å². The maximum atomic E-state index is 5.84. The Morgan fingerprint density at radius 1 is 1.24 bits per heavy atom. The maximum Gasteiger partial charge on any atom is 0.193 e. The molecule has 2 rings (SSSR count). The Labute approximate surface area is 154 Å². The van der Waals surface area contributed by atoms with Crippen molar-refractivity contribution in [3.05, 3.63) is 0 Å². The second-order valence-corrected chi connectivity index (χ2v) is 7.53. The van der Waals surface area contributed by atoms with Crippen molar-refractivity contribution in [3.8, 4) is 0 Å². The molecule has 146 valence electrons. The topological polar surface area (TPSA) is 46.1 Å². The first-order valence-electron chi connectivity index (χ1n) is 10.4. The van der Waals surface area contributed by atoms with E-state index in [0.29, 0.717) is 5.92 Å². The van der Waals surface area contributed by atoms with Crippen LogP contribution in [0.15, 0.2) is 4.99 Å². The van der Waals surface area contributed by atoms with E-state index < -0.39 is 0 Å². The number of guanidine groups is 1. The highest BCUT2D eigenvalue weighted by molar-refractivity contribution is 5.80. The van der Waals surface area contributed by atoms with Gasteiger partial charge in [-0.3, -0.25) is 4.99 Å². The van der Waals surface area contributed by atoms with Gasteiger partial charge in [-0.25, -0.2) is 0 Å². The molecule has 1 N–H and O–H groups in total. The Bertz CT molecular complexity index is 379. The van der Waals surface area contributed by atoms with Crippen LogP contribution in [0.3, 0.4) is 0 Å². The first-order valence-corrected chi connectivity index (χ1v) is 10.4. The third-order valence-corrected chi connectivity index (χ3v) is 5.89. The lowest BCUT2D eigenvalue weighted by Gasteiger charge is -2.24. The number of rotatable bonds is 9. The molecular weight excluding hydrogens is 314 g/mol. The molecule has 2 aliphatic rings. The minimum absolute atomic E-state index is 0.695. The summed E-state index contributed by atoms with van der Waals surface area (Å²) in [5, 5.41) is 3.52. The first-order chi connectivity index (χ1) is 12.3. The summed E-state index contributed by atoms with van der Waals surface area (Å²) >= 11 is 0. The van der Waals surface area contributed by atoms with Crippen LogP contribution in [0.25, 0.3) is 0 Å². The van der Waals surface area contributed by atoms with Crippen LogP contribution in [0.2, 0.25) is 0 Å². The van der Waals surface area contributed by atoms with Crippen molar-refractivity contribution in [3.63, 3.8) is 0 Å². The highest BCUT2D eigenvalue weighted by atomic mass is 16.5. The van der Waals surface area contributed by atoms with E-state index >= 15 is 0 Å². The van der Waals surface area contributed by atoms with Crippen LogP contribution in [-0.4, -0.2) is 64.0 Å². The van der Waals surface area contributed by atoms with Crippen LogP contribution >= 0.6 is 0 Å². The molecule has 5 heteroatoms. The maximum absolute atomic E-state index is 5.84. The fraction of sp³-hybridized carbons (Fsp3) is 0.950. The SMILES string of the molecule is CCC(CC)C1CCN(C(=NC)NCCCOCC2CCOCC2)C1. The molecule has 2 aliphatic heterocycles. The summed E-state index contributed by atoms with van der Waals surface area (Å²) in [6, 6.07) is 0. The van der Waals surface area contributed by atoms with Gasteiger partial charge >= 0.3 is 0 Å². The van der Waals surface area contributed by atoms with Crippen LogP contribution in [0.1, 0.15) is 52.4 Å². The standard InChI is InChI=1S/C20H39N3O2/c1-4-18(5-2)19-7-11-23(15-19)20(21-3)22-10-6-12-25-16-17-8-13-24-14-9-17/h17-19H,4-16H2,1-3H3,(H,21,22). The minimum atomic E-state index is 0.695. The molecule has 5 nitrogen and oxygen atoms in total. The quantitative estimate of drug-likeness (QED) is 0.393. The van der Waals surface area contributed by atoms with Crippen LogP contribution in [0.4, 0.5) is 0 Å². The van der Waals surface area contributed by atoms with E-state index in [9.17, 15) is 0 Å². The molecule has 0 aromatic carbocycles. The molecule has 2 fully saturated rings. The highest BCUT2D eigenvalue weighted by Crippen LogP contribution is 2.28. The molecule has 0 saturated carbocycles. The van der Waals surface area contributed by atoms with Gasteiger partial charge in [0, 0.05) is 53.1 Å². The molecule has 0 amide bonds. The number of nitrogens with one attached hydrogen (secondary N) is 1. The normalized spacial score (nSPS) is 22.8. The van der Waals surface area contributed by atoms with Gasteiger partial charge < -0.3 is 19.7 Å². The summed E-state index contributed by atoms with van der Waals surface area (Å²) in [5.74, 6) is 3.46. The number of nitrogens with zero attached hydrogens (tertiary/aromatic N) is 2. The number of likely N-dealkylation sites (tertiary alicyclic amines) is 1. The molecule has 25 heavy (non-hydrogen) atoms. The van der Waals surface area contributed by atoms with E-state index in [2.05, 4.69) is 29.1 Å². The fourth-order valence-corrected chi connectivity index (χ4v) is 4.19. The van der Waals surface area contributed by atoms with Gasteiger partial charge in [0.05, 0.1) is 0 Å². The van der Waals surface area contributed by atoms with Gasteiger partial charge in [-0.05, 0) is 43.4 Å². The predicted octanol–water partition coefficient (Wildman–Crippen LogP) is 3.15. The van der Waals surface area contributed by atoms with Crippen molar-refractivity contribution in [2.75, 3.05) is 53.1 Å². The van der Waals surface area contributed by atoms with Gasteiger partial charge in [-0.2, -0.15) is 0 Å². The molecule has 2 heterocycles. The summed E-state index contributed by atoms with van der Waals surface area (Å²) in [5.41, 5.74) is 0. The average Bonchev–Trinajstić information content (AvgIpc) is 3.13. The van der Waals surface area contributed by atoms with Crippen molar-refractivity contribution >= 4 is 5.96 Å². The summed E-state index contributed by atoms with van der Waals surface area (Å²) in [7, 11) is 1.90. The van der Waals surface area contributed by atoms with Crippen molar-refractivity contribution in [1.82, 2.24) is 10.2 Å². The third kappa shape index (κ3) is 6.78. The van der Waals surface area contributed by atoms with E-state index in [1.54, 1.807) is 0 Å². The van der Waals surface area contributed by atoms with E-state index in [-0.39, 0.29) is 0 Å². The van der Waals surface area contributed by atoms with Crippen molar-refractivity contribution in [2.45, 2.75) is 52.4 Å². The number of hydrogen-bond acceptors (Lipinski definition) is 3. The smallest absolute Gasteiger partial charge is 0.193 e. The van der Waals surface area contributed by atoms with Crippen LogP contribution in [0, 0.1) is 17.8 Å². The Hall–Kier alpha value is -0.810. The molecule has 0 radical (unpaired) electrons. The van der Waals surface area contributed by atoms with E-state index in [1.165, 1.54) is 19.3 Å². The summed E-state index contributed by atoms with van der Waals surface area (Å²) in [6.07, 6.45) is 7.24. The lowest BCUT2D eigenvalue weighted by Crippen LogP contribution is -2.41. The van der Waals surface area contributed by atoms with E-state index in [4.69, 9.17) is 9.47 Å². The monoisotopic (exact) mass is 353 g/mol.